The Hall–Kier alpha value is -0.0500. The summed E-state index contributed by atoms with van der Waals surface area (Å²) in [5.74, 6) is 0.450. The third kappa shape index (κ3) is 3.26. The van der Waals surface area contributed by atoms with Crippen molar-refractivity contribution in [2.75, 3.05) is 5.33 Å². The third-order valence-corrected chi connectivity index (χ3v) is 2.68. The van der Waals surface area contributed by atoms with Gasteiger partial charge in [0.05, 0.1) is 0 Å². The Morgan fingerprint density at radius 3 is 2.64 bits per heavy atom. The van der Waals surface area contributed by atoms with Crippen LogP contribution in [-0.2, 0) is 5.88 Å². The maximum Gasteiger partial charge on any atom is 0.163 e. The van der Waals surface area contributed by atoms with Crippen LogP contribution in [0.4, 0.5) is 0 Å². The van der Waals surface area contributed by atoms with Crippen LogP contribution in [0.25, 0.3) is 0 Å². The van der Waals surface area contributed by atoms with Crippen molar-refractivity contribution in [3.05, 3.63) is 34.3 Å². The van der Waals surface area contributed by atoms with Crippen molar-refractivity contribution in [2.45, 2.75) is 12.3 Å². The molecule has 76 valence electrons. The van der Waals surface area contributed by atoms with E-state index in [-0.39, 0.29) is 5.78 Å². The molecule has 0 aliphatic heterocycles. The zero-order valence-corrected chi connectivity index (χ0v) is 10.5. The Morgan fingerprint density at radius 2 is 2.07 bits per heavy atom. The number of hydrogen-bond acceptors (Lipinski definition) is 1. The third-order valence-electron chi connectivity index (χ3n) is 1.76. The van der Waals surface area contributed by atoms with Crippen molar-refractivity contribution in [3.63, 3.8) is 0 Å². The highest BCUT2D eigenvalue weighted by molar-refractivity contribution is 9.09. The molecule has 14 heavy (non-hydrogen) atoms. The van der Waals surface area contributed by atoms with E-state index in [9.17, 15) is 4.79 Å². The van der Waals surface area contributed by atoms with Gasteiger partial charge in [-0.3, -0.25) is 4.79 Å². The van der Waals surface area contributed by atoms with E-state index in [1.165, 1.54) is 0 Å². The first-order valence-electron chi connectivity index (χ1n) is 4.12. The second-order valence-electron chi connectivity index (χ2n) is 2.84. The van der Waals surface area contributed by atoms with Crippen LogP contribution in [0, 0.1) is 0 Å². The fourth-order valence-corrected chi connectivity index (χ4v) is 1.89. The molecule has 0 heterocycles. The average Bonchev–Trinajstić information content (AvgIpc) is 2.17. The highest BCUT2D eigenvalue weighted by Crippen LogP contribution is 2.18. The Bertz CT molecular complexity index is 339. The van der Waals surface area contributed by atoms with E-state index in [4.69, 9.17) is 23.2 Å². The van der Waals surface area contributed by atoms with Crippen molar-refractivity contribution in [3.8, 4) is 0 Å². The number of rotatable bonds is 4. The number of hydrogen-bond donors (Lipinski definition) is 0. The molecule has 0 atom stereocenters. The molecule has 0 aliphatic carbocycles. The van der Waals surface area contributed by atoms with E-state index in [0.29, 0.717) is 28.2 Å². The molecule has 0 fully saturated rings. The summed E-state index contributed by atoms with van der Waals surface area (Å²) in [7, 11) is 0. The van der Waals surface area contributed by atoms with Crippen LogP contribution >= 0.6 is 39.1 Å². The van der Waals surface area contributed by atoms with Crippen LogP contribution in [-0.4, -0.2) is 11.1 Å². The molecule has 0 amide bonds. The number of ketones is 1. The zero-order chi connectivity index (χ0) is 10.6. The van der Waals surface area contributed by atoms with Gasteiger partial charge in [0.2, 0.25) is 0 Å². The lowest BCUT2D eigenvalue weighted by Crippen LogP contribution is -2.00. The van der Waals surface area contributed by atoms with Crippen molar-refractivity contribution >= 4 is 44.9 Å². The minimum absolute atomic E-state index is 0.0794. The van der Waals surface area contributed by atoms with Crippen LogP contribution in [0.3, 0.4) is 0 Å². The first kappa shape index (κ1) is 12.0. The van der Waals surface area contributed by atoms with E-state index in [1.807, 2.05) is 0 Å². The van der Waals surface area contributed by atoms with Crippen molar-refractivity contribution in [1.82, 2.24) is 0 Å². The van der Waals surface area contributed by atoms with Gasteiger partial charge in [-0.15, -0.1) is 11.6 Å². The molecule has 0 aromatic heterocycles. The molecule has 0 saturated carbocycles. The van der Waals surface area contributed by atoms with Gasteiger partial charge in [0.1, 0.15) is 0 Å². The average molecular weight is 296 g/mol. The summed E-state index contributed by atoms with van der Waals surface area (Å²) in [4.78, 5) is 11.5. The summed E-state index contributed by atoms with van der Waals surface area (Å²) in [6, 6.07) is 5.21. The van der Waals surface area contributed by atoms with Gasteiger partial charge in [-0.1, -0.05) is 27.5 Å². The molecule has 1 aromatic carbocycles. The number of Topliss-reactive ketones (excluding diaryl/α,β-unsaturated/α-hetero) is 1. The van der Waals surface area contributed by atoms with E-state index >= 15 is 0 Å². The van der Waals surface area contributed by atoms with Crippen molar-refractivity contribution in [2.24, 2.45) is 0 Å². The predicted molar refractivity (Wildman–Crippen MR) is 63.8 cm³/mol. The Balaban J connectivity index is 2.96. The molecule has 1 rings (SSSR count). The summed E-state index contributed by atoms with van der Waals surface area (Å²) < 4.78 is 0. The van der Waals surface area contributed by atoms with Crippen LogP contribution in [0.5, 0.6) is 0 Å². The van der Waals surface area contributed by atoms with Crippen molar-refractivity contribution in [1.29, 1.82) is 0 Å². The fourth-order valence-electron chi connectivity index (χ4n) is 1.12. The minimum Gasteiger partial charge on any atom is -0.294 e. The lowest BCUT2D eigenvalue weighted by atomic mass is 10.1. The number of alkyl halides is 2. The lowest BCUT2D eigenvalue weighted by Gasteiger charge is -2.02. The molecule has 1 aromatic rings. The smallest absolute Gasteiger partial charge is 0.163 e. The molecular formula is C10H9BrCl2O. The lowest BCUT2D eigenvalue weighted by molar-refractivity contribution is 0.0990. The molecule has 0 saturated heterocycles. The Morgan fingerprint density at radius 1 is 1.36 bits per heavy atom. The highest BCUT2D eigenvalue weighted by atomic mass is 79.9. The van der Waals surface area contributed by atoms with Gasteiger partial charge in [-0.25, -0.2) is 0 Å². The van der Waals surface area contributed by atoms with E-state index in [0.717, 1.165) is 5.56 Å². The monoisotopic (exact) mass is 294 g/mol. The second kappa shape index (κ2) is 5.74. The molecule has 4 heteroatoms. The van der Waals surface area contributed by atoms with Crippen molar-refractivity contribution < 1.29 is 4.79 Å². The number of benzene rings is 1. The molecule has 0 bridgehead atoms. The van der Waals surface area contributed by atoms with Crippen LogP contribution < -0.4 is 0 Å². The summed E-state index contributed by atoms with van der Waals surface area (Å²) in [6.45, 7) is 0. The summed E-state index contributed by atoms with van der Waals surface area (Å²) >= 11 is 14.7. The molecule has 0 unspecified atom stereocenters. The summed E-state index contributed by atoms with van der Waals surface area (Å²) in [6.07, 6.45) is 0.474. The summed E-state index contributed by atoms with van der Waals surface area (Å²) in [5, 5.41) is 1.22. The molecule has 0 aliphatic rings. The quantitative estimate of drug-likeness (QED) is 0.605. The van der Waals surface area contributed by atoms with Crippen LogP contribution in [0.15, 0.2) is 18.2 Å². The number of carbonyl (C=O) groups excluding carboxylic acids is 1. The topological polar surface area (TPSA) is 17.1 Å². The molecule has 0 radical (unpaired) electrons. The SMILES string of the molecule is O=C(CCBr)c1cc(Cl)cc(CCl)c1. The van der Waals surface area contributed by atoms with Gasteiger partial charge in [0, 0.05) is 28.2 Å². The summed E-state index contributed by atoms with van der Waals surface area (Å²) in [5.41, 5.74) is 1.50. The fraction of sp³-hybridized carbons (Fsp3) is 0.300. The number of carbonyl (C=O) groups is 1. The normalized spacial score (nSPS) is 10.2. The standard InChI is InChI=1S/C10H9BrCl2O/c11-2-1-10(14)8-3-7(6-12)4-9(13)5-8/h3-5H,1-2,6H2. The van der Waals surface area contributed by atoms with Gasteiger partial charge in [0.25, 0.3) is 0 Å². The zero-order valence-electron chi connectivity index (χ0n) is 7.40. The van der Waals surface area contributed by atoms with Gasteiger partial charge in [-0.05, 0) is 23.8 Å². The second-order valence-corrected chi connectivity index (χ2v) is 4.34. The highest BCUT2D eigenvalue weighted by Gasteiger charge is 2.07. The van der Waals surface area contributed by atoms with Gasteiger partial charge in [0.15, 0.2) is 5.78 Å². The van der Waals surface area contributed by atoms with E-state index in [2.05, 4.69) is 15.9 Å². The van der Waals surface area contributed by atoms with Crippen LogP contribution in [0.2, 0.25) is 5.02 Å². The van der Waals surface area contributed by atoms with Gasteiger partial charge in [-0.2, -0.15) is 0 Å². The first-order chi connectivity index (χ1) is 6.67. The molecule has 1 nitrogen and oxygen atoms in total. The van der Waals surface area contributed by atoms with Gasteiger partial charge >= 0.3 is 0 Å². The maximum absolute atomic E-state index is 11.5. The van der Waals surface area contributed by atoms with E-state index in [1.54, 1.807) is 18.2 Å². The maximum atomic E-state index is 11.5. The van der Waals surface area contributed by atoms with Gasteiger partial charge < -0.3 is 0 Å². The molecule has 0 spiro atoms. The van der Waals surface area contributed by atoms with Crippen LogP contribution in [0.1, 0.15) is 22.3 Å². The first-order valence-corrected chi connectivity index (χ1v) is 6.15. The predicted octanol–water partition coefficient (Wildman–Crippen LogP) is 4.05. The van der Waals surface area contributed by atoms with E-state index < -0.39 is 0 Å². The number of halogens is 3. The Labute approximate surface area is 102 Å². The molecular weight excluding hydrogens is 287 g/mol. The molecule has 0 N–H and O–H groups in total. The minimum atomic E-state index is 0.0794. The Kier molecular flexibility index (Phi) is 4.93. The largest absolute Gasteiger partial charge is 0.294 e.